The van der Waals surface area contributed by atoms with E-state index in [9.17, 15) is 8.78 Å². The summed E-state index contributed by atoms with van der Waals surface area (Å²) in [4.78, 5) is 8.92. The highest BCUT2D eigenvalue weighted by Crippen LogP contribution is 2.33. The maximum atomic E-state index is 14.5. The smallest absolute Gasteiger partial charge is 0.152 e. The molecule has 5 heterocycles. The Labute approximate surface area is 225 Å². The number of halogens is 2. The molecule has 0 radical (unpaired) electrons. The number of pyridine rings is 2. The molecule has 3 aromatic heterocycles. The molecular weight excluding hydrogens is 496 g/mol. The molecule has 198 valence electrons. The predicted octanol–water partition coefficient (Wildman–Crippen LogP) is 5.59. The molecule has 0 saturated carbocycles. The van der Waals surface area contributed by atoms with Crippen LogP contribution in [0.15, 0.2) is 67.0 Å². The molecule has 2 aromatic carbocycles. The molecule has 1 unspecified atom stereocenters. The number of piperidine rings is 1. The Hall–Kier alpha value is -3.72. The van der Waals surface area contributed by atoms with Crippen LogP contribution < -0.4 is 10.6 Å². The highest BCUT2D eigenvalue weighted by atomic mass is 19.1. The Kier molecular flexibility index (Phi) is 5.91. The molecule has 2 N–H and O–H groups in total. The van der Waals surface area contributed by atoms with Crippen LogP contribution in [0, 0.1) is 18.6 Å². The minimum atomic E-state index is -0.671. The van der Waals surface area contributed by atoms with Crippen LogP contribution in [0.4, 0.5) is 8.78 Å². The highest BCUT2D eigenvalue weighted by molar-refractivity contribution is 5.94. The fourth-order valence-electron chi connectivity index (χ4n) is 5.96. The first-order valence-corrected chi connectivity index (χ1v) is 13.4. The molecular formula is C31H29F2N5O. The van der Waals surface area contributed by atoms with Crippen LogP contribution in [-0.4, -0.2) is 46.2 Å². The fraction of sp³-hybridized carbons (Fsp3) is 0.290. The number of ether oxygens (including phenoxy) is 1. The third kappa shape index (κ3) is 4.38. The van der Waals surface area contributed by atoms with Crippen LogP contribution >= 0.6 is 0 Å². The van der Waals surface area contributed by atoms with Crippen LogP contribution in [-0.2, 0) is 4.74 Å². The molecule has 2 aliphatic rings. The predicted molar refractivity (Wildman–Crippen MR) is 148 cm³/mol. The van der Waals surface area contributed by atoms with Crippen molar-refractivity contribution >= 4 is 16.6 Å². The van der Waals surface area contributed by atoms with E-state index in [-0.39, 0.29) is 17.2 Å². The molecule has 2 fully saturated rings. The number of aryl methyl sites for hydroxylation is 1. The summed E-state index contributed by atoms with van der Waals surface area (Å²) in [7, 11) is 0. The third-order valence-electron chi connectivity index (χ3n) is 8.14. The van der Waals surface area contributed by atoms with Gasteiger partial charge in [0.05, 0.1) is 30.1 Å². The molecule has 1 atom stereocenters. The number of hydrogen-bond donors (Lipinski definition) is 2. The number of nitrogens with one attached hydrogen (secondary N) is 2. The van der Waals surface area contributed by atoms with E-state index < -0.39 is 11.6 Å². The zero-order valence-corrected chi connectivity index (χ0v) is 21.7. The molecule has 2 aliphatic heterocycles. The summed E-state index contributed by atoms with van der Waals surface area (Å²) >= 11 is 0. The molecule has 7 rings (SSSR count). The lowest BCUT2D eigenvalue weighted by Crippen LogP contribution is -2.55. The van der Waals surface area contributed by atoms with Crippen molar-refractivity contribution in [3.63, 3.8) is 0 Å². The number of rotatable bonds is 3. The molecule has 0 bridgehead atoms. The number of fused-ring (bicyclic) bond motifs is 2. The van der Waals surface area contributed by atoms with Gasteiger partial charge in [-0.05, 0) is 73.8 Å². The molecule has 2 saturated heterocycles. The molecule has 0 amide bonds. The monoisotopic (exact) mass is 525 g/mol. The maximum absolute atomic E-state index is 14.5. The lowest BCUT2D eigenvalue weighted by molar-refractivity contribution is -0.0997. The lowest BCUT2D eigenvalue weighted by atomic mass is 9.89. The van der Waals surface area contributed by atoms with Gasteiger partial charge in [0, 0.05) is 35.5 Å². The van der Waals surface area contributed by atoms with Crippen molar-refractivity contribution in [2.75, 3.05) is 26.2 Å². The second-order valence-corrected chi connectivity index (χ2v) is 10.7. The van der Waals surface area contributed by atoms with Gasteiger partial charge in [0.25, 0.3) is 0 Å². The normalized spacial score (nSPS) is 19.2. The number of imidazole rings is 1. The average molecular weight is 526 g/mol. The van der Waals surface area contributed by atoms with Crippen molar-refractivity contribution in [3.8, 4) is 22.4 Å². The SMILES string of the molecule is Cc1cc(-c2cnc3cc(-c4ccc(C5COC6(CCNCC6)CN5)cc4)ccn23)c2cc(F)cc(F)c2n1. The summed E-state index contributed by atoms with van der Waals surface area (Å²) in [5, 5.41) is 7.54. The number of benzene rings is 2. The van der Waals surface area contributed by atoms with E-state index in [1.54, 1.807) is 13.1 Å². The van der Waals surface area contributed by atoms with Crippen molar-refractivity contribution in [1.29, 1.82) is 0 Å². The second kappa shape index (κ2) is 9.48. The van der Waals surface area contributed by atoms with Gasteiger partial charge in [-0.1, -0.05) is 24.3 Å². The summed E-state index contributed by atoms with van der Waals surface area (Å²) in [6.07, 6.45) is 5.79. The van der Waals surface area contributed by atoms with Gasteiger partial charge in [-0.2, -0.15) is 0 Å². The molecule has 39 heavy (non-hydrogen) atoms. The van der Waals surface area contributed by atoms with Gasteiger partial charge < -0.3 is 15.4 Å². The second-order valence-electron chi connectivity index (χ2n) is 10.7. The van der Waals surface area contributed by atoms with E-state index in [4.69, 9.17) is 4.74 Å². The fourth-order valence-corrected chi connectivity index (χ4v) is 5.96. The average Bonchev–Trinajstić information content (AvgIpc) is 3.37. The van der Waals surface area contributed by atoms with E-state index >= 15 is 0 Å². The largest absolute Gasteiger partial charge is 0.372 e. The van der Waals surface area contributed by atoms with Gasteiger partial charge >= 0.3 is 0 Å². The van der Waals surface area contributed by atoms with Crippen LogP contribution in [0.5, 0.6) is 0 Å². The number of hydrogen-bond acceptors (Lipinski definition) is 5. The van der Waals surface area contributed by atoms with Crippen molar-refractivity contribution in [1.82, 2.24) is 25.0 Å². The van der Waals surface area contributed by atoms with Gasteiger partial charge in [0.15, 0.2) is 5.82 Å². The van der Waals surface area contributed by atoms with Crippen LogP contribution in [0.3, 0.4) is 0 Å². The Morgan fingerprint density at radius 1 is 1.00 bits per heavy atom. The van der Waals surface area contributed by atoms with Gasteiger partial charge in [-0.3, -0.25) is 4.40 Å². The van der Waals surface area contributed by atoms with E-state index in [0.717, 1.165) is 61.0 Å². The van der Waals surface area contributed by atoms with Crippen LogP contribution in [0.25, 0.3) is 38.9 Å². The van der Waals surface area contributed by atoms with Gasteiger partial charge in [-0.15, -0.1) is 0 Å². The van der Waals surface area contributed by atoms with Gasteiger partial charge in [0.2, 0.25) is 0 Å². The topological polar surface area (TPSA) is 63.5 Å². The van der Waals surface area contributed by atoms with Crippen molar-refractivity contribution < 1.29 is 13.5 Å². The molecule has 6 nitrogen and oxygen atoms in total. The van der Waals surface area contributed by atoms with Crippen LogP contribution in [0.2, 0.25) is 0 Å². The standard InChI is InChI=1S/C31H29F2N5O/c1-19-12-24(25-14-23(32)15-26(33)30(25)37-19)28-16-35-29-13-22(6-11-38(28)29)20-2-4-21(5-3-20)27-17-39-31(18-36-27)7-9-34-10-8-31/h2-6,11-16,27,34,36H,7-10,17-18H2,1H3. The van der Waals surface area contributed by atoms with Gasteiger partial charge in [-0.25, -0.2) is 18.7 Å². The van der Waals surface area contributed by atoms with Crippen LogP contribution in [0.1, 0.15) is 30.1 Å². The number of aromatic nitrogens is 3. The van der Waals surface area contributed by atoms with E-state index in [1.807, 2.05) is 28.8 Å². The summed E-state index contributed by atoms with van der Waals surface area (Å²) in [5.41, 5.74) is 6.32. The zero-order chi connectivity index (χ0) is 26.6. The Bertz CT molecular complexity index is 1680. The summed E-state index contributed by atoms with van der Waals surface area (Å²) in [6, 6.07) is 16.9. The van der Waals surface area contributed by atoms with E-state index in [1.165, 1.54) is 11.6 Å². The minimum absolute atomic E-state index is 0.0241. The molecule has 8 heteroatoms. The third-order valence-corrected chi connectivity index (χ3v) is 8.14. The molecule has 5 aromatic rings. The van der Waals surface area contributed by atoms with Gasteiger partial charge in [0.1, 0.15) is 17.0 Å². The van der Waals surface area contributed by atoms with E-state index in [2.05, 4.69) is 44.9 Å². The molecule has 1 spiro atoms. The summed E-state index contributed by atoms with van der Waals surface area (Å²) < 4.78 is 36.9. The minimum Gasteiger partial charge on any atom is -0.372 e. The Morgan fingerprint density at radius 2 is 1.82 bits per heavy atom. The quantitative estimate of drug-likeness (QED) is 0.322. The zero-order valence-electron chi connectivity index (χ0n) is 21.7. The number of morpholine rings is 1. The summed E-state index contributed by atoms with van der Waals surface area (Å²) in [5.74, 6) is -1.30. The Morgan fingerprint density at radius 3 is 2.59 bits per heavy atom. The Balaban J connectivity index is 1.16. The van der Waals surface area contributed by atoms with Crippen molar-refractivity contribution in [3.05, 3.63) is 89.9 Å². The first-order valence-electron chi connectivity index (χ1n) is 13.4. The van der Waals surface area contributed by atoms with E-state index in [0.29, 0.717) is 23.3 Å². The molecule has 0 aliphatic carbocycles. The van der Waals surface area contributed by atoms with Crippen molar-refractivity contribution in [2.45, 2.75) is 31.4 Å². The maximum Gasteiger partial charge on any atom is 0.152 e. The number of nitrogens with zero attached hydrogens (tertiary/aromatic N) is 3. The first-order chi connectivity index (χ1) is 19.0. The highest BCUT2D eigenvalue weighted by Gasteiger charge is 2.37. The lowest BCUT2D eigenvalue weighted by Gasteiger charge is -2.43. The first kappa shape index (κ1) is 24.3. The summed E-state index contributed by atoms with van der Waals surface area (Å²) in [6.45, 7) is 5.39. The van der Waals surface area contributed by atoms with Crippen molar-refractivity contribution in [2.24, 2.45) is 0 Å².